The van der Waals surface area contributed by atoms with Crippen LogP contribution in [0.5, 0.6) is 0 Å². The molecular formula is C17H22F2N2O2. The fraction of sp³-hybridized carbons (Fsp3) is 0.471. The Bertz CT molecular complexity index is 570. The minimum absolute atomic E-state index is 0.0157. The summed E-state index contributed by atoms with van der Waals surface area (Å²) in [6.07, 6.45) is 7.17. The molecule has 0 spiro atoms. The zero-order valence-corrected chi connectivity index (χ0v) is 13.4. The Morgan fingerprint density at radius 1 is 1.30 bits per heavy atom. The molecule has 0 aromatic heterocycles. The predicted octanol–water partition coefficient (Wildman–Crippen LogP) is 3.26. The van der Waals surface area contributed by atoms with E-state index in [9.17, 15) is 13.6 Å². The minimum Gasteiger partial charge on any atom is -0.396 e. The van der Waals surface area contributed by atoms with Crippen LogP contribution in [0.15, 0.2) is 12.1 Å². The van der Waals surface area contributed by atoms with Gasteiger partial charge >= 0.3 is 6.03 Å². The van der Waals surface area contributed by atoms with E-state index in [2.05, 4.69) is 16.6 Å². The molecule has 1 aromatic rings. The number of benzene rings is 1. The summed E-state index contributed by atoms with van der Waals surface area (Å²) in [6, 6.07) is 1.25. The third-order valence-corrected chi connectivity index (χ3v) is 4.21. The summed E-state index contributed by atoms with van der Waals surface area (Å²) in [7, 11) is 0. The highest BCUT2D eigenvalue weighted by atomic mass is 19.1. The van der Waals surface area contributed by atoms with Crippen LogP contribution in [-0.4, -0.2) is 24.3 Å². The fourth-order valence-corrected chi connectivity index (χ4v) is 2.38. The second-order valence-electron chi connectivity index (χ2n) is 5.45. The number of terminal acetylenes is 1. The first kappa shape index (κ1) is 18.9. The molecular weight excluding hydrogens is 302 g/mol. The molecule has 6 heteroatoms. The Morgan fingerprint density at radius 3 is 2.30 bits per heavy atom. The number of carbonyl (C=O) groups excluding carboxylic acids is 1. The number of amides is 2. The number of anilines is 1. The van der Waals surface area contributed by atoms with Crippen molar-refractivity contribution in [1.82, 2.24) is 5.32 Å². The molecule has 0 radical (unpaired) electrons. The normalized spacial score (nSPS) is 11.0. The van der Waals surface area contributed by atoms with E-state index in [-0.39, 0.29) is 17.6 Å². The van der Waals surface area contributed by atoms with Crippen LogP contribution in [0.2, 0.25) is 0 Å². The quantitative estimate of drug-likeness (QED) is 0.674. The number of rotatable bonds is 7. The van der Waals surface area contributed by atoms with Crippen molar-refractivity contribution < 1.29 is 18.7 Å². The molecule has 0 atom stereocenters. The van der Waals surface area contributed by atoms with E-state index in [4.69, 9.17) is 11.5 Å². The molecule has 0 fully saturated rings. The summed E-state index contributed by atoms with van der Waals surface area (Å²) < 4.78 is 27.5. The van der Waals surface area contributed by atoms with E-state index in [1.807, 2.05) is 13.8 Å². The standard InChI is InChI=1S/C17H22F2N2O2/c1-4-12-9-13(18)15(14(19)10-12)21-16(23)20-11-17(5-2,6-3)7-8-22/h1,9-10,22H,5-8,11H2,2-3H3,(H2,20,21,23). The lowest BCUT2D eigenvalue weighted by Gasteiger charge is -2.31. The first-order chi connectivity index (χ1) is 10.9. The molecule has 0 saturated carbocycles. The average Bonchev–Trinajstić information content (AvgIpc) is 2.54. The van der Waals surface area contributed by atoms with Gasteiger partial charge in [-0.25, -0.2) is 13.6 Å². The summed E-state index contributed by atoms with van der Waals surface area (Å²) in [5.41, 5.74) is -0.719. The summed E-state index contributed by atoms with van der Waals surface area (Å²) in [5, 5.41) is 13.9. The molecule has 4 nitrogen and oxygen atoms in total. The molecule has 1 rings (SSSR count). The van der Waals surface area contributed by atoms with E-state index in [1.54, 1.807) is 0 Å². The van der Waals surface area contributed by atoms with Crippen molar-refractivity contribution in [2.45, 2.75) is 33.1 Å². The molecule has 0 aliphatic heterocycles. The lowest BCUT2D eigenvalue weighted by Crippen LogP contribution is -2.40. The zero-order chi connectivity index (χ0) is 17.5. The molecule has 0 bridgehead atoms. The second-order valence-corrected chi connectivity index (χ2v) is 5.45. The van der Waals surface area contributed by atoms with Gasteiger partial charge in [0, 0.05) is 18.7 Å². The number of aliphatic hydroxyl groups excluding tert-OH is 1. The van der Waals surface area contributed by atoms with Crippen molar-refractivity contribution in [1.29, 1.82) is 0 Å². The first-order valence-corrected chi connectivity index (χ1v) is 7.52. The maximum atomic E-state index is 13.8. The number of urea groups is 1. The molecule has 0 aliphatic rings. The van der Waals surface area contributed by atoms with Gasteiger partial charge in [-0.15, -0.1) is 6.42 Å². The molecule has 1 aromatic carbocycles. The van der Waals surface area contributed by atoms with E-state index < -0.39 is 23.4 Å². The maximum Gasteiger partial charge on any atom is 0.319 e. The highest BCUT2D eigenvalue weighted by Gasteiger charge is 2.26. The molecule has 0 unspecified atom stereocenters. The van der Waals surface area contributed by atoms with Crippen LogP contribution in [0.4, 0.5) is 19.3 Å². The Hall–Kier alpha value is -2.13. The number of hydrogen-bond acceptors (Lipinski definition) is 2. The monoisotopic (exact) mass is 324 g/mol. The number of nitrogens with one attached hydrogen (secondary N) is 2. The highest BCUT2D eigenvalue weighted by Crippen LogP contribution is 2.29. The smallest absolute Gasteiger partial charge is 0.319 e. The van der Waals surface area contributed by atoms with Gasteiger partial charge in [0.2, 0.25) is 0 Å². The van der Waals surface area contributed by atoms with Crippen LogP contribution in [0.3, 0.4) is 0 Å². The van der Waals surface area contributed by atoms with Crippen LogP contribution in [-0.2, 0) is 0 Å². The average molecular weight is 324 g/mol. The van der Waals surface area contributed by atoms with Crippen LogP contribution in [0.25, 0.3) is 0 Å². The SMILES string of the molecule is C#Cc1cc(F)c(NC(=O)NCC(CC)(CC)CCO)c(F)c1. The fourth-order valence-electron chi connectivity index (χ4n) is 2.38. The number of carbonyl (C=O) groups is 1. The Kier molecular flexibility index (Phi) is 6.98. The van der Waals surface area contributed by atoms with Gasteiger partial charge in [0.1, 0.15) is 5.69 Å². The highest BCUT2D eigenvalue weighted by molar-refractivity contribution is 5.89. The van der Waals surface area contributed by atoms with Crippen molar-refractivity contribution in [3.05, 3.63) is 29.3 Å². The second kappa shape index (κ2) is 8.49. The first-order valence-electron chi connectivity index (χ1n) is 7.52. The van der Waals surface area contributed by atoms with Gasteiger partial charge < -0.3 is 15.7 Å². The zero-order valence-electron chi connectivity index (χ0n) is 13.4. The van der Waals surface area contributed by atoms with Crippen molar-refractivity contribution in [2.75, 3.05) is 18.5 Å². The van der Waals surface area contributed by atoms with Gasteiger partial charge in [-0.2, -0.15) is 0 Å². The minimum atomic E-state index is -0.930. The van der Waals surface area contributed by atoms with E-state index >= 15 is 0 Å². The predicted molar refractivity (Wildman–Crippen MR) is 86.0 cm³/mol. The van der Waals surface area contributed by atoms with Crippen LogP contribution in [0.1, 0.15) is 38.7 Å². The van der Waals surface area contributed by atoms with Crippen molar-refractivity contribution >= 4 is 11.7 Å². The molecule has 0 aliphatic carbocycles. The summed E-state index contributed by atoms with van der Waals surface area (Å²) >= 11 is 0. The van der Waals surface area contributed by atoms with Gasteiger partial charge in [-0.3, -0.25) is 0 Å². The molecule has 0 heterocycles. The molecule has 126 valence electrons. The maximum absolute atomic E-state index is 13.8. The molecule has 23 heavy (non-hydrogen) atoms. The van der Waals surface area contributed by atoms with Crippen molar-refractivity contribution in [3.8, 4) is 12.3 Å². The number of hydrogen-bond donors (Lipinski definition) is 3. The lowest BCUT2D eigenvalue weighted by molar-refractivity contribution is 0.165. The molecule has 3 N–H and O–H groups in total. The number of aliphatic hydroxyl groups is 1. The van der Waals surface area contributed by atoms with Crippen LogP contribution < -0.4 is 10.6 Å². The van der Waals surface area contributed by atoms with E-state index in [0.717, 1.165) is 25.0 Å². The van der Waals surface area contributed by atoms with Crippen LogP contribution in [0, 0.1) is 29.4 Å². The Balaban J connectivity index is 2.76. The van der Waals surface area contributed by atoms with Gasteiger partial charge in [0.05, 0.1) is 0 Å². The van der Waals surface area contributed by atoms with Gasteiger partial charge in [0.25, 0.3) is 0 Å². The Labute approximate surface area is 135 Å². The molecule has 2 amide bonds. The number of halogens is 2. The summed E-state index contributed by atoms with van der Waals surface area (Å²) in [4.78, 5) is 11.9. The largest absolute Gasteiger partial charge is 0.396 e. The molecule has 0 saturated heterocycles. The third-order valence-electron chi connectivity index (χ3n) is 4.21. The van der Waals surface area contributed by atoms with Gasteiger partial charge in [-0.05, 0) is 36.8 Å². The van der Waals surface area contributed by atoms with Crippen molar-refractivity contribution in [2.24, 2.45) is 5.41 Å². The topological polar surface area (TPSA) is 61.4 Å². The van der Waals surface area contributed by atoms with Crippen molar-refractivity contribution in [3.63, 3.8) is 0 Å². The van der Waals surface area contributed by atoms with Crippen LogP contribution >= 0.6 is 0 Å². The van der Waals surface area contributed by atoms with E-state index in [1.165, 1.54) is 0 Å². The van der Waals surface area contributed by atoms with E-state index in [0.29, 0.717) is 13.0 Å². The summed E-state index contributed by atoms with van der Waals surface area (Å²) in [6.45, 7) is 4.26. The summed E-state index contributed by atoms with van der Waals surface area (Å²) in [5.74, 6) is 0.272. The third kappa shape index (κ3) is 4.93. The lowest BCUT2D eigenvalue weighted by atomic mass is 9.79. The van der Waals surface area contributed by atoms with Gasteiger partial charge in [-0.1, -0.05) is 19.8 Å². The Morgan fingerprint density at radius 2 is 1.87 bits per heavy atom. The van der Waals surface area contributed by atoms with Gasteiger partial charge in [0.15, 0.2) is 11.6 Å².